The minimum atomic E-state index is -1.08. The van der Waals surface area contributed by atoms with E-state index in [0.717, 1.165) is 11.1 Å². The molecule has 1 aromatic heterocycles. The van der Waals surface area contributed by atoms with Gasteiger partial charge in [-0.25, -0.2) is 14.6 Å². The van der Waals surface area contributed by atoms with E-state index in [9.17, 15) is 14.4 Å². The fraction of sp³-hybridized carbons (Fsp3) is 0.200. The van der Waals surface area contributed by atoms with E-state index in [0.29, 0.717) is 10.6 Å². The molecule has 0 unspecified atom stereocenters. The molecule has 182 valence electrons. The van der Waals surface area contributed by atoms with Crippen LogP contribution < -0.4 is 10.6 Å². The van der Waals surface area contributed by atoms with E-state index < -0.39 is 30.6 Å². The summed E-state index contributed by atoms with van der Waals surface area (Å²) in [5, 5.41) is 5.53. The van der Waals surface area contributed by atoms with Crippen molar-refractivity contribution in [3.63, 3.8) is 0 Å². The second-order valence-electron chi connectivity index (χ2n) is 7.50. The second kappa shape index (κ2) is 12.7. The average Bonchev–Trinajstić information content (AvgIpc) is 2.87. The number of nitrogens with one attached hydrogen (secondary N) is 2. The molecule has 1 heterocycles. The smallest absolute Gasteiger partial charge is 0.408 e. The molecule has 0 aliphatic rings. The summed E-state index contributed by atoms with van der Waals surface area (Å²) in [5.74, 6) is -1.36. The van der Waals surface area contributed by atoms with Gasteiger partial charge in [-0.3, -0.25) is 4.79 Å². The molecule has 35 heavy (non-hydrogen) atoms. The number of aromatic nitrogens is 1. The van der Waals surface area contributed by atoms with Crippen LogP contribution in [-0.4, -0.2) is 35.6 Å². The molecule has 0 aliphatic heterocycles. The molecule has 0 saturated heterocycles. The molecule has 0 radical (unpaired) electrons. The summed E-state index contributed by atoms with van der Waals surface area (Å²) in [6.45, 7) is 1.11. The number of hydrogen-bond donors (Lipinski definition) is 2. The van der Waals surface area contributed by atoms with Gasteiger partial charge in [-0.15, -0.1) is 0 Å². The number of ether oxygens (including phenoxy) is 2. The van der Waals surface area contributed by atoms with Gasteiger partial charge in [0.15, 0.2) is 12.4 Å². The third kappa shape index (κ3) is 7.98. The minimum Gasteiger partial charge on any atom is -0.454 e. The Labute approximate surface area is 212 Å². The van der Waals surface area contributed by atoms with Crippen molar-refractivity contribution in [1.29, 1.82) is 0 Å². The zero-order chi connectivity index (χ0) is 25.2. The normalized spacial score (nSPS) is 11.3. The molecular weight excluding hydrogens is 493 g/mol. The van der Waals surface area contributed by atoms with E-state index in [-0.39, 0.29) is 23.9 Å². The van der Waals surface area contributed by atoms with Gasteiger partial charge in [0.1, 0.15) is 12.6 Å². The zero-order valence-electron chi connectivity index (χ0n) is 18.8. The molecule has 0 saturated carbocycles. The van der Waals surface area contributed by atoms with Crippen LogP contribution in [0.15, 0.2) is 66.9 Å². The van der Waals surface area contributed by atoms with Gasteiger partial charge < -0.3 is 20.1 Å². The Balaban J connectivity index is 1.59. The monoisotopic (exact) mass is 515 g/mol. The quantitative estimate of drug-likeness (QED) is 0.399. The number of rotatable bonds is 9. The molecule has 0 aliphatic carbocycles. The number of esters is 1. The molecule has 0 bridgehead atoms. The molecule has 0 spiro atoms. The van der Waals surface area contributed by atoms with Crippen LogP contribution in [0.5, 0.6) is 0 Å². The highest BCUT2D eigenvalue weighted by molar-refractivity contribution is 6.37. The standard InChI is InChI=1S/C25H23Cl2N3O5/c1-16-19(26)13-28-23(22(16)27)30-21(31)15-34-24(32)20(12-17-8-4-2-5-9-17)29-25(33)35-14-18-10-6-3-7-11-18/h2-11,13,20H,12,14-15H2,1H3,(H,29,33)(H,28,30,31)/t20-/m0/s1. The van der Waals surface area contributed by atoms with Crippen LogP contribution in [0.3, 0.4) is 0 Å². The Kier molecular flexibility index (Phi) is 9.46. The highest BCUT2D eigenvalue weighted by atomic mass is 35.5. The summed E-state index contributed by atoms with van der Waals surface area (Å²) in [6, 6.07) is 17.1. The number of alkyl carbamates (subject to hydrolysis) is 1. The maximum atomic E-state index is 12.7. The van der Waals surface area contributed by atoms with Gasteiger partial charge in [0, 0.05) is 12.6 Å². The van der Waals surface area contributed by atoms with Crippen LogP contribution in [0.2, 0.25) is 10.0 Å². The van der Waals surface area contributed by atoms with Gasteiger partial charge in [0.05, 0.1) is 10.0 Å². The predicted octanol–water partition coefficient (Wildman–Crippen LogP) is 4.72. The number of pyridine rings is 1. The van der Waals surface area contributed by atoms with Gasteiger partial charge in [0.25, 0.3) is 5.91 Å². The summed E-state index contributed by atoms with van der Waals surface area (Å²) in [7, 11) is 0. The summed E-state index contributed by atoms with van der Waals surface area (Å²) < 4.78 is 10.4. The van der Waals surface area contributed by atoms with Crippen molar-refractivity contribution in [2.24, 2.45) is 0 Å². The average molecular weight is 516 g/mol. The Morgan fingerprint density at radius 1 is 0.943 bits per heavy atom. The van der Waals surface area contributed by atoms with Crippen LogP contribution in [0.25, 0.3) is 0 Å². The number of nitrogens with zero attached hydrogens (tertiary/aromatic N) is 1. The van der Waals surface area contributed by atoms with Crippen molar-refractivity contribution in [2.45, 2.75) is 26.0 Å². The summed E-state index contributed by atoms with van der Waals surface area (Å²) >= 11 is 12.1. The molecular formula is C25H23Cl2N3O5. The number of benzene rings is 2. The molecule has 2 aromatic carbocycles. The summed E-state index contributed by atoms with van der Waals surface area (Å²) in [5.41, 5.74) is 2.14. The van der Waals surface area contributed by atoms with Gasteiger partial charge in [0.2, 0.25) is 0 Å². The molecule has 10 heteroatoms. The Hall–Kier alpha value is -3.62. The molecule has 1 atom stereocenters. The topological polar surface area (TPSA) is 107 Å². The zero-order valence-corrected chi connectivity index (χ0v) is 20.3. The lowest BCUT2D eigenvalue weighted by molar-refractivity contribution is -0.149. The van der Waals surface area contributed by atoms with E-state index in [1.54, 1.807) is 19.1 Å². The van der Waals surface area contributed by atoms with Crippen LogP contribution in [0.4, 0.5) is 10.6 Å². The van der Waals surface area contributed by atoms with Crippen molar-refractivity contribution >= 4 is 47.0 Å². The number of carbonyl (C=O) groups excluding carboxylic acids is 3. The van der Waals surface area contributed by atoms with Gasteiger partial charge >= 0.3 is 12.1 Å². The fourth-order valence-electron chi connectivity index (χ4n) is 3.00. The fourth-order valence-corrected chi connectivity index (χ4v) is 3.39. The first kappa shape index (κ1) is 26.0. The molecule has 3 rings (SSSR count). The number of amides is 2. The van der Waals surface area contributed by atoms with Crippen LogP contribution >= 0.6 is 23.2 Å². The van der Waals surface area contributed by atoms with Crippen LogP contribution in [0.1, 0.15) is 16.7 Å². The van der Waals surface area contributed by atoms with E-state index >= 15 is 0 Å². The lowest BCUT2D eigenvalue weighted by Gasteiger charge is -2.18. The first-order chi connectivity index (χ1) is 16.8. The van der Waals surface area contributed by atoms with E-state index in [1.807, 2.05) is 48.5 Å². The minimum absolute atomic E-state index is 0.0381. The third-order valence-corrected chi connectivity index (χ3v) is 5.72. The van der Waals surface area contributed by atoms with Crippen LogP contribution in [0, 0.1) is 6.92 Å². The van der Waals surface area contributed by atoms with Gasteiger partial charge in [-0.2, -0.15) is 0 Å². The Morgan fingerprint density at radius 2 is 1.57 bits per heavy atom. The Morgan fingerprint density at radius 3 is 2.23 bits per heavy atom. The first-order valence-electron chi connectivity index (χ1n) is 10.6. The van der Waals surface area contributed by atoms with E-state index in [2.05, 4.69) is 15.6 Å². The highest BCUT2D eigenvalue weighted by Crippen LogP contribution is 2.28. The molecule has 8 nitrogen and oxygen atoms in total. The SMILES string of the molecule is Cc1c(Cl)cnc(NC(=O)COC(=O)[C@H](Cc2ccccc2)NC(=O)OCc2ccccc2)c1Cl. The third-order valence-electron chi connectivity index (χ3n) is 4.88. The highest BCUT2D eigenvalue weighted by Gasteiger charge is 2.25. The number of hydrogen-bond acceptors (Lipinski definition) is 6. The summed E-state index contributed by atoms with van der Waals surface area (Å²) in [4.78, 5) is 41.4. The lowest BCUT2D eigenvalue weighted by Crippen LogP contribution is -2.44. The van der Waals surface area contributed by atoms with E-state index in [4.69, 9.17) is 32.7 Å². The van der Waals surface area contributed by atoms with E-state index in [1.165, 1.54) is 6.20 Å². The molecule has 3 aromatic rings. The van der Waals surface area contributed by atoms with Crippen molar-refractivity contribution in [2.75, 3.05) is 11.9 Å². The summed E-state index contributed by atoms with van der Waals surface area (Å²) in [6.07, 6.45) is 0.709. The van der Waals surface area contributed by atoms with Crippen molar-refractivity contribution < 1.29 is 23.9 Å². The van der Waals surface area contributed by atoms with Crippen molar-refractivity contribution in [3.05, 3.63) is 93.6 Å². The number of halogens is 2. The predicted molar refractivity (Wildman–Crippen MR) is 132 cm³/mol. The molecule has 2 amide bonds. The van der Waals surface area contributed by atoms with Crippen molar-refractivity contribution in [3.8, 4) is 0 Å². The number of anilines is 1. The first-order valence-corrected chi connectivity index (χ1v) is 11.4. The van der Waals surface area contributed by atoms with Gasteiger partial charge in [-0.1, -0.05) is 83.9 Å². The second-order valence-corrected chi connectivity index (χ2v) is 8.28. The maximum absolute atomic E-state index is 12.7. The van der Waals surface area contributed by atoms with Crippen molar-refractivity contribution in [1.82, 2.24) is 10.3 Å². The molecule has 2 N–H and O–H groups in total. The van der Waals surface area contributed by atoms with Crippen LogP contribution in [-0.2, 0) is 32.1 Å². The largest absolute Gasteiger partial charge is 0.454 e. The Bertz CT molecular complexity index is 1180. The number of carbonyl (C=O) groups is 3. The lowest BCUT2D eigenvalue weighted by atomic mass is 10.1. The molecule has 0 fully saturated rings. The van der Waals surface area contributed by atoms with Gasteiger partial charge in [-0.05, 0) is 23.6 Å². The maximum Gasteiger partial charge on any atom is 0.408 e.